The molecule has 0 radical (unpaired) electrons. The molecule has 0 spiro atoms. The van der Waals surface area contributed by atoms with E-state index in [1.807, 2.05) is 18.2 Å². The Bertz CT molecular complexity index is 296. The van der Waals surface area contributed by atoms with E-state index in [0.717, 1.165) is 16.8 Å². The minimum atomic E-state index is 0.188. The molecule has 0 unspecified atom stereocenters. The van der Waals surface area contributed by atoms with Gasteiger partial charge in [0.15, 0.2) is 0 Å². The van der Waals surface area contributed by atoms with Gasteiger partial charge < -0.3 is 5.73 Å². The third kappa shape index (κ3) is 2.36. The van der Waals surface area contributed by atoms with Crippen LogP contribution in [-0.2, 0) is 11.5 Å². The quantitative estimate of drug-likeness (QED) is 0.564. The summed E-state index contributed by atoms with van der Waals surface area (Å²) in [5.74, 6) is 0. The zero-order valence-electron chi connectivity index (χ0n) is 5.56. The smallest absolute Gasteiger partial charge is 0.212 e. The normalized spacial score (nSPS) is 9.09. The molecule has 0 fully saturated rings. The van der Waals surface area contributed by atoms with Crippen LogP contribution >= 0.6 is 11.9 Å². The summed E-state index contributed by atoms with van der Waals surface area (Å²) in [6.45, 7) is 0. The van der Waals surface area contributed by atoms with Gasteiger partial charge in [0.1, 0.15) is 0 Å². The van der Waals surface area contributed by atoms with Gasteiger partial charge in [-0.2, -0.15) is 4.21 Å². The average molecular weight is 186 g/mol. The van der Waals surface area contributed by atoms with E-state index in [0.29, 0.717) is 5.69 Å². The summed E-state index contributed by atoms with van der Waals surface area (Å²) >= 11 is 1.29. The van der Waals surface area contributed by atoms with Crippen molar-refractivity contribution in [2.45, 2.75) is 4.90 Å². The summed E-state index contributed by atoms with van der Waals surface area (Å²) in [7, 11) is 0. The van der Waals surface area contributed by atoms with E-state index >= 15 is 0 Å². The zero-order valence-corrected chi connectivity index (χ0v) is 7.19. The van der Waals surface area contributed by atoms with Gasteiger partial charge in [0.05, 0.1) is 4.90 Å². The number of nitrogens with zero attached hydrogens (tertiary/aromatic N) is 1. The molecule has 0 saturated heterocycles. The van der Waals surface area contributed by atoms with Gasteiger partial charge in [0, 0.05) is 17.6 Å². The number of anilines is 1. The summed E-state index contributed by atoms with van der Waals surface area (Å²) in [5, 5.41) is 0. The SMILES string of the molecule is Nc1ccccc1SN=S=O. The van der Waals surface area contributed by atoms with Crippen molar-refractivity contribution in [1.82, 2.24) is 0 Å². The topological polar surface area (TPSA) is 55.4 Å². The molecule has 3 nitrogen and oxygen atoms in total. The lowest BCUT2D eigenvalue weighted by Gasteiger charge is -1.96. The number of rotatable bonds is 2. The predicted octanol–water partition coefficient (Wildman–Crippen LogP) is 1.67. The molecule has 1 aromatic rings. The summed E-state index contributed by atoms with van der Waals surface area (Å²) in [6, 6.07) is 7.28. The second-order valence-corrected chi connectivity index (χ2v) is 3.15. The maximum atomic E-state index is 9.90. The highest BCUT2D eigenvalue weighted by Gasteiger charge is 1.95. The van der Waals surface area contributed by atoms with Crippen LogP contribution in [0.1, 0.15) is 0 Å². The molecule has 58 valence electrons. The van der Waals surface area contributed by atoms with Gasteiger partial charge in [-0.1, -0.05) is 12.1 Å². The van der Waals surface area contributed by atoms with Crippen LogP contribution in [0, 0.1) is 0 Å². The fraction of sp³-hybridized carbons (Fsp3) is 0. The number of benzene rings is 1. The van der Waals surface area contributed by atoms with Crippen LogP contribution < -0.4 is 5.73 Å². The number of para-hydroxylation sites is 1. The van der Waals surface area contributed by atoms with E-state index in [-0.39, 0.29) is 11.5 Å². The second-order valence-electron chi connectivity index (χ2n) is 1.78. The molecule has 0 saturated carbocycles. The van der Waals surface area contributed by atoms with E-state index < -0.39 is 0 Å². The van der Waals surface area contributed by atoms with E-state index in [1.165, 1.54) is 0 Å². The van der Waals surface area contributed by atoms with Gasteiger partial charge in [0.25, 0.3) is 0 Å². The second kappa shape index (κ2) is 4.15. The molecule has 0 bridgehead atoms. The van der Waals surface area contributed by atoms with Crippen molar-refractivity contribution in [2.24, 2.45) is 3.77 Å². The fourth-order valence-electron chi connectivity index (χ4n) is 0.619. The first-order valence-electron chi connectivity index (χ1n) is 2.85. The van der Waals surface area contributed by atoms with Crippen molar-refractivity contribution in [3.8, 4) is 0 Å². The van der Waals surface area contributed by atoms with Crippen LogP contribution in [0.5, 0.6) is 0 Å². The molecule has 2 N–H and O–H groups in total. The lowest BCUT2D eigenvalue weighted by atomic mass is 10.3. The summed E-state index contributed by atoms with van der Waals surface area (Å²) in [6.07, 6.45) is 0. The molecule has 11 heavy (non-hydrogen) atoms. The summed E-state index contributed by atoms with van der Waals surface area (Å²) < 4.78 is 13.4. The lowest BCUT2D eigenvalue weighted by molar-refractivity contribution is 0.699. The van der Waals surface area contributed by atoms with Gasteiger partial charge in [-0.25, -0.2) is 0 Å². The molecule has 5 heteroatoms. The van der Waals surface area contributed by atoms with E-state index in [9.17, 15) is 4.21 Å². The zero-order chi connectivity index (χ0) is 8.10. The van der Waals surface area contributed by atoms with Crippen molar-refractivity contribution >= 4 is 29.1 Å². The molecule has 0 aromatic heterocycles. The van der Waals surface area contributed by atoms with Crippen molar-refractivity contribution in [3.63, 3.8) is 0 Å². The van der Waals surface area contributed by atoms with Crippen molar-refractivity contribution < 1.29 is 4.21 Å². The lowest BCUT2D eigenvalue weighted by Crippen LogP contribution is -1.85. The van der Waals surface area contributed by atoms with Crippen LogP contribution in [0.3, 0.4) is 0 Å². The molecule has 0 heterocycles. The number of nitrogen functional groups attached to an aromatic ring is 1. The standard InChI is InChI=1S/C6H6N2OS2/c7-5-3-1-2-4-6(5)10-8-11-9/h1-4H,7H2. The Balaban J connectivity index is 2.85. The van der Waals surface area contributed by atoms with Crippen LogP contribution in [0.4, 0.5) is 5.69 Å². The van der Waals surface area contributed by atoms with Crippen molar-refractivity contribution in [2.75, 3.05) is 5.73 Å². The highest BCUT2D eigenvalue weighted by molar-refractivity contribution is 8.00. The largest absolute Gasteiger partial charge is 0.398 e. The van der Waals surface area contributed by atoms with Crippen LogP contribution in [0.15, 0.2) is 32.9 Å². The summed E-state index contributed by atoms with van der Waals surface area (Å²) in [5.41, 5.74) is 6.22. The number of hydrogen-bond donors (Lipinski definition) is 1. The molecule has 0 amide bonds. The number of nitrogens with two attached hydrogens (primary N) is 1. The first-order valence-corrected chi connectivity index (χ1v) is 4.32. The number of hydrogen-bond acceptors (Lipinski definition) is 4. The Morgan fingerprint density at radius 2 is 2.09 bits per heavy atom. The molecule has 1 rings (SSSR count). The highest BCUT2D eigenvalue weighted by Crippen LogP contribution is 2.24. The third-order valence-corrected chi connectivity index (χ3v) is 2.20. The Labute approximate surface area is 72.4 Å². The molecular formula is C6H6N2OS2. The Morgan fingerprint density at radius 3 is 2.73 bits per heavy atom. The minimum absolute atomic E-state index is 0.188. The molecule has 0 aliphatic carbocycles. The van der Waals surface area contributed by atoms with E-state index in [4.69, 9.17) is 5.73 Å². The first kappa shape index (κ1) is 8.29. The summed E-state index contributed by atoms with van der Waals surface area (Å²) in [4.78, 5) is 0.816. The maximum absolute atomic E-state index is 9.90. The van der Waals surface area contributed by atoms with Crippen LogP contribution in [0.25, 0.3) is 0 Å². The van der Waals surface area contributed by atoms with Gasteiger partial charge in [-0.3, -0.25) is 0 Å². The first-order chi connectivity index (χ1) is 5.34. The molecular weight excluding hydrogens is 180 g/mol. The average Bonchev–Trinajstić information content (AvgIpc) is 2.03. The maximum Gasteiger partial charge on any atom is 0.212 e. The fourth-order valence-corrected chi connectivity index (χ4v) is 1.37. The predicted molar refractivity (Wildman–Crippen MR) is 47.3 cm³/mol. The molecule has 1 aromatic carbocycles. The third-order valence-electron chi connectivity index (χ3n) is 1.09. The molecule has 0 aliphatic heterocycles. The van der Waals surface area contributed by atoms with E-state index in [2.05, 4.69) is 3.77 Å². The van der Waals surface area contributed by atoms with Crippen molar-refractivity contribution in [1.29, 1.82) is 0 Å². The van der Waals surface area contributed by atoms with Gasteiger partial charge in [0.2, 0.25) is 11.5 Å². The molecule has 0 atom stereocenters. The van der Waals surface area contributed by atoms with Crippen LogP contribution in [-0.4, -0.2) is 4.21 Å². The molecule has 0 aliphatic rings. The Kier molecular flexibility index (Phi) is 3.13. The van der Waals surface area contributed by atoms with Gasteiger partial charge >= 0.3 is 0 Å². The minimum Gasteiger partial charge on any atom is -0.398 e. The van der Waals surface area contributed by atoms with Crippen LogP contribution in [0.2, 0.25) is 0 Å². The van der Waals surface area contributed by atoms with Gasteiger partial charge in [-0.15, -0.1) is 3.77 Å². The van der Waals surface area contributed by atoms with Crippen molar-refractivity contribution in [3.05, 3.63) is 24.3 Å². The monoisotopic (exact) mass is 186 g/mol. The Morgan fingerprint density at radius 1 is 1.36 bits per heavy atom. The van der Waals surface area contributed by atoms with E-state index in [1.54, 1.807) is 6.07 Å². The Hall–Kier alpha value is -0.810. The highest BCUT2D eigenvalue weighted by atomic mass is 32.2. The van der Waals surface area contributed by atoms with Gasteiger partial charge in [-0.05, 0) is 12.1 Å².